The highest BCUT2D eigenvalue weighted by Gasteiger charge is 2.33. The fraction of sp³-hybridized carbons (Fsp3) is 0.400. The van der Waals surface area contributed by atoms with E-state index in [9.17, 15) is 21.9 Å². The van der Waals surface area contributed by atoms with Crippen LogP contribution in [0.15, 0.2) is 64.4 Å². The molecule has 0 bridgehead atoms. The van der Waals surface area contributed by atoms with Gasteiger partial charge >= 0.3 is 0 Å². The van der Waals surface area contributed by atoms with Crippen molar-refractivity contribution in [1.82, 2.24) is 9.62 Å². The lowest BCUT2D eigenvalue weighted by Gasteiger charge is -2.38. The molecule has 30 heavy (non-hydrogen) atoms. The van der Waals surface area contributed by atoms with E-state index in [1.54, 1.807) is 0 Å². The zero-order valence-electron chi connectivity index (χ0n) is 16.6. The first-order chi connectivity index (χ1) is 14.1. The molecule has 0 aromatic heterocycles. The Kier molecular flexibility index (Phi) is 6.95. The van der Waals surface area contributed by atoms with Gasteiger partial charge in [0.15, 0.2) is 0 Å². The van der Waals surface area contributed by atoms with Gasteiger partial charge in [0, 0.05) is 19.6 Å². The molecular weight excluding hydrogens is 426 g/mol. The second-order valence-electron chi connectivity index (χ2n) is 7.51. The van der Waals surface area contributed by atoms with Gasteiger partial charge in [-0.2, -0.15) is 0 Å². The average Bonchev–Trinajstić information content (AvgIpc) is 2.73. The van der Waals surface area contributed by atoms with Crippen LogP contribution in [0.3, 0.4) is 0 Å². The molecular formula is C20H27N3O5S2. The van der Waals surface area contributed by atoms with E-state index >= 15 is 0 Å². The zero-order chi connectivity index (χ0) is 21.8. The molecule has 2 aromatic carbocycles. The van der Waals surface area contributed by atoms with Crippen molar-refractivity contribution in [3.63, 3.8) is 0 Å². The first kappa shape index (κ1) is 22.9. The number of aliphatic hydroxyl groups is 1. The fourth-order valence-corrected chi connectivity index (χ4v) is 5.35. The van der Waals surface area contributed by atoms with Crippen LogP contribution in [0.25, 0.3) is 0 Å². The number of hydrogen-bond acceptors (Lipinski definition) is 6. The Labute approximate surface area is 177 Å². The highest BCUT2D eigenvalue weighted by molar-refractivity contribution is 7.90. The van der Waals surface area contributed by atoms with Gasteiger partial charge in [0.1, 0.15) is 0 Å². The molecule has 1 aliphatic rings. The molecule has 3 rings (SSSR count). The third-order valence-corrected chi connectivity index (χ3v) is 7.75. The summed E-state index contributed by atoms with van der Waals surface area (Å²) in [6.07, 6.45) is 1.85. The fourth-order valence-electron chi connectivity index (χ4n) is 3.59. The van der Waals surface area contributed by atoms with Crippen LogP contribution in [-0.2, 0) is 25.6 Å². The SMILES string of the molecule is NS(=O)(=O)c1cccc(S(=O)(=O)NCCCN2CCC(O)(c3ccccc3)CC2)c1. The second kappa shape index (κ2) is 9.13. The van der Waals surface area contributed by atoms with Crippen LogP contribution in [0.4, 0.5) is 0 Å². The van der Waals surface area contributed by atoms with E-state index in [0.29, 0.717) is 25.8 Å². The Bertz CT molecular complexity index is 1060. The van der Waals surface area contributed by atoms with E-state index in [2.05, 4.69) is 9.62 Å². The number of benzene rings is 2. The smallest absolute Gasteiger partial charge is 0.240 e. The summed E-state index contributed by atoms with van der Waals surface area (Å²) < 4.78 is 50.2. The van der Waals surface area contributed by atoms with Gasteiger partial charge in [0.25, 0.3) is 0 Å². The van der Waals surface area contributed by atoms with E-state index in [0.717, 1.165) is 24.7 Å². The number of hydrogen-bond donors (Lipinski definition) is 3. The molecule has 164 valence electrons. The van der Waals surface area contributed by atoms with Gasteiger partial charge in [0.05, 0.1) is 15.4 Å². The third kappa shape index (κ3) is 5.65. The Morgan fingerprint density at radius 3 is 2.23 bits per heavy atom. The minimum atomic E-state index is -3.97. The summed E-state index contributed by atoms with van der Waals surface area (Å²) in [6.45, 7) is 2.38. The van der Waals surface area contributed by atoms with Gasteiger partial charge in [-0.05, 0) is 49.6 Å². The van der Waals surface area contributed by atoms with Gasteiger partial charge in [-0.3, -0.25) is 0 Å². The molecule has 0 saturated carbocycles. The monoisotopic (exact) mass is 453 g/mol. The number of nitrogens with two attached hydrogens (primary N) is 1. The van der Waals surface area contributed by atoms with Crippen molar-refractivity contribution < 1.29 is 21.9 Å². The van der Waals surface area contributed by atoms with Gasteiger partial charge in [-0.15, -0.1) is 0 Å². The van der Waals surface area contributed by atoms with E-state index in [1.807, 2.05) is 30.3 Å². The van der Waals surface area contributed by atoms with Crippen LogP contribution < -0.4 is 9.86 Å². The number of piperidine rings is 1. The Hall–Kier alpha value is -1.82. The molecule has 1 fully saturated rings. The minimum absolute atomic E-state index is 0.139. The maximum atomic E-state index is 12.4. The van der Waals surface area contributed by atoms with Gasteiger partial charge in [-0.25, -0.2) is 26.7 Å². The second-order valence-corrected chi connectivity index (χ2v) is 10.8. The molecule has 4 N–H and O–H groups in total. The van der Waals surface area contributed by atoms with Crippen LogP contribution in [0.2, 0.25) is 0 Å². The molecule has 0 unspecified atom stereocenters. The van der Waals surface area contributed by atoms with Crippen molar-refractivity contribution in [2.24, 2.45) is 5.14 Å². The molecule has 0 aliphatic carbocycles. The van der Waals surface area contributed by atoms with Crippen molar-refractivity contribution in [2.75, 3.05) is 26.2 Å². The average molecular weight is 454 g/mol. The zero-order valence-corrected chi connectivity index (χ0v) is 18.2. The number of rotatable bonds is 8. The Balaban J connectivity index is 1.48. The molecule has 0 amide bonds. The molecule has 10 heteroatoms. The van der Waals surface area contributed by atoms with Crippen LogP contribution in [0.1, 0.15) is 24.8 Å². The summed E-state index contributed by atoms with van der Waals surface area (Å²) >= 11 is 0. The molecule has 0 atom stereocenters. The van der Waals surface area contributed by atoms with Gasteiger partial charge < -0.3 is 10.0 Å². The molecule has 8 nitrogen and oxygen atoms in total. The summed E-state index contributed by atoms with van der Waals surface area (Å²) in [5, 5.41) is 15.9. The number of nitrogens with zero attached hydrogens (tertiary/aromatic N) is 1. The standard InChI is InChI=1S/C20H27N3O5S2/c21-29(25,26)18-8-4-9-19(16-18)30(27,28)22-12-5-13-23-14-10-20(24,11-15-23)17-6-2-1-3-7-17/h1-4,6-9,16,22,24H,5,10-15H2,(H2,21,25,26). The van der Waals surface area contributed by atoms with Crippen LogP contribution >= 0.6 is 0 Å². The van der Waals surface area contributed by atoms with Crippen molar-refractivity contribution >= 4 is 20.0 Å². The number of sulfonamides is 2. The van der Waals surface area contributed by atoms with Gasteiger partial charge in [0.2, 0.25) is 20.0 Å². The third-order valence-electron chi connectivity index (χ3n) is 5.38. The lowest BCUT2D eigenvalue weighted by atomic mass is 9.84. The van der Waals surface area contributed by atoms with Crippen LogP contribution in [0, 0.1) is 0 Å². The van der Waals surface area contributed by atoms with Crippen LogP contribution in [-0.4, -0.2) is 53.0 Å². The first-order valence-corrected chi connectivity index (χ1v) is 12.8. The highest BCUT2D eigenvalue weighted by Crippen LogP contribution is 2.32. The van der Waals surface area contributed by atoms with E-state index in [1.165, 1.54) is 18.2 Å². The summed E-state index contributed by atoms with van der Waals surface area (Å²) in [7, 11) is -7.80. The largest absolute Gasteiger partial charge is 0.385 e. The maximum Gasteiger partial charge on any atom is 0.240 e. The molecule has 1 saturated heterocycles. The van der Waals surface area contributed by atoms with Crippen molar-refractivity contribution in [2.45, 2.75) is 34.7 Å². The summed E-state index contributed by atoms with van der Waals surface area (Å²) in [6, 6.07) is 14.6. The lowest BCUT2D eigenvalue weighted by molar-refractivity contribution is -0.0259. The Morgan fingerprint density at radius 2 is 1.60 bits per heavy atom. The highest BCUT2D eigenvalue weighted by atomic mass is 32.2. The van der Waals surface area contributed by atoms with E-state index in [-0.39, 0.29) is 16.3 Å². The number of likely N-dealkylation sites (tertiary alicyclic amines) is 1. The predicted octanol–water partition coefficient (Wildman–Crippen LogP) is 0.986. The summed E-state index contributed by atoms with van der Waals surface area (Å²) in [5.41, 5.74) is 0.118. The molecule has 1 aliphatic heterocycles. The first-order valence-electron chi connectivity index (χ1n) is 9.73. The summed E-state index contributed by atoms with van der Waals surface area (Å²) in [4.78, 5) is 1.82. The van der Waals surface area contributed by atoms with E-state index < -0.39 is 25.6 Å². The van der Waals surface area contributed by atoms with Crippen molar-refractivity contribution in [3.8, 4) is 0 Å². The topological polar surface area (TPSA) is 130 Å². The van der Waals surface area contributed by atoms with E-state index in [4.69, 9.17) is 5.14 Å². The molecule has 1 heterocycles. The Morgan fingerprint density at radius 1 is 0.967 bits per heavy atom. The molecule has 0 radical (unpaired) electrons. The number of primary sulfonamides is 1. The van der Waals surface area contributed by atoms with Gasteiger partial charge in [-0.1, -0.05) is 36.4 Å². The van der Waals surface area contributed by atoms with Crippen molar-refractivity contribution in [3.05, 3.63) is 60.2 Å². The molecule has 0 spiro atoms. The number of nitrogens with one attached hydrogen (secondary N) is 1. The normalized spacial score (nSPS) is 17.7. The lowest BCUT2D eigenvalue weighted by Crippen LogP contribution is -2.43. The maximum absolute atomic E-state index is 12.4. The molecule has 2 aromatic rings. The minimum Gasteiger partial charge on any atom is -0.385 e. The predicted molar refractivity (Wildman–Crippen MR) is 114 cm³/mol. The van der Waals surface area contributed by atoms with Crippen molar-refractivity contribution in [1.29, 1.82) is 0 Å². The van der Waals surface area contributed by atoms with Crippen LogP contribution in [0.5, 0.6) is 0 Å². The quantitative estimate of drug-likeness (QED) is 0.511. The summed E-state index contributed by atoms with van der Waals surface area (Å²) in [5.74, 6) is 0.